The molecule has 0 aliphatic heterocycles. The van der Waals surface area contributed by atoms with Gasteiger partial charge in [0.15, 0.2) is 0 Å². The molecular formula is C22H32F12N3O2P2Sn+. The average molecular weight is 779 g/mol. The van der Waals surface area contributed by atoms with Crippen molar-refractivity contribution in [3.8, 4) is 0 Å². The first-order chi connectivity index (χ1) is 18.8. The van der Waals surface area contributed by atoms with Crippen LogP contribution in [0.5, 0.6) is 0 Å². The van der Waals surface area contributed by atoms with Crippen LogP contribution in [0.2, 0.25) is 0 Å². The first-order valence-corrected chi connectivity index (χ1v) is 20.8. The van der Waals surface area contributed by atoms with E-state index in [1.807, 2.05) is 0 Å². The van der Waals surface area contributed by atoms with Crippen molar-refractivity contribution in [1.29, 1.82) is 0 Å². The van der Waals surface area contributed by atoms with Gasteiger partial charge in [-0.05, 0) is 0 Å². The Morgan fingerprint density at radius 3 is 1.45 bits per heavy atom. The van der Waals surface area contributed by atoms with Gasteiger partial charge in [0.1, 0.15) is 0 Å². The van der Waals surface area contributed by atoms with Crippen LogP contribution in [0, 0.1) is 17.8 Å². The Bertz CT molecular complexity index is 990. The Hall–Kier alpha value is 0.139. The van der Waals surface area contributed by atoms with Crippen molar-refractivity contribution in [2.24, 2.45) is 32.9 Å². The van der Waals surface area contributed by atoms with Crippen LogP contribution < -0.4 is 0 Å². The molecule has 0 spiro atoms. The van der Waals surface area contributed by atoms with E-state index in [1.165, 1.54) is 0 Å². The number of alkyl halides is 12. The monoisotopic (exact) mass is 780 g/mol. The van der Waals surface area contributed by atoms with Gasteiger partial charge in [-0.1, -0.05) is 0 Å². The van der Waals surface area contributed by atoms with Crippen LogP contribution >= 0.6 is 15.0 Å². The molecule has 244 valence electrons. The van der Waals surface area contributed by atoms with Gasteiger partial charge in [0.25, 0.3) is 0 Å². The number of hydrogen-bond donors (Lipinski definition) is 0. The van der Waals surface area contributed by atoms with Gasteiger partial charge >= 0.3 is 248 Å². The molecule has 4 aliphatic rings. The molecule has 4 bridgehead atoms. The molecule has 4 aliphatic carbocycles. The molecule has 2 radical (unpaired) electrons. The fraction of sp³-hybridized carbons (Fsp3) is 1.00. The molecule has 42 heavy (non-hydrogen) atoms. The van der Waals surface area contributed by atoms with E-state index >= 15 is 0 Å². The molecule has 0 atom stereocenters. The van der Waals surface area contributed by atoms with Crippen LogP contribution in [-0.4, -0.2) is 102 Å². The van der Waals surface area contributed by atoms with Gasteiger partial charge in [0, 0.05) is 0 Å². The Morgan fingerprint density at radius 1 is 0.714 bits per heavy atom. The number of rotatable bonds is 10. The Kier molecular flexibility index (Phi) is 10.5. The molecule has 5 nitrogen and oxygen atoms in total. The first-order valence-electron chi connectivity index (χ1n) is 12.9. The standard InChI is InChI=1S/C16H23F6N3OP.C6H8F6OP.Sn/c1-27(2,9-14(26,15(17,18)19)16(20,21)22)25-24-23-13-6-10-3-11(7-13)5-12(4-10)8-13;1-14(2)3-4(13,5(7,8)9)6(10,11)12;/h10-12H,3-9H2,1-2H3;3H2,1-2H3;/q2*-1;+2/p+1. The summed E-state index contributed by atoms with van der Waals surface area (Å²) in [4.78, 5) is 3.73. The molecule has 4 saturated carbocycles. The molecule has 20 heteroatoms. The third kappa shape index (κ3) is 7.57. The minimum atomic E-state index is -6.27. The number of nitrogens with zero attached hydrogens (tertiary/aromatic N) is 3. The SMILES string of the molecule is C[PH+](C)CC([O][Sn][O]C(CP(C)(C)=NN=NC12CC3CC(CC(C3)C1)C2)(C(F)(F)F)C(F)(F)F)(C(F)(F)F)C(F)(F)F. The molecule has 0 saturated heterocycles. The van der Waals surface area contributed by atoms with E-state index in [0.717, 1.165) is 45.9 Å². The topological polar surface area (TPSA) is 55.5 Å². The number of halogens is 12. The van der Waals surface area contributed by atoms with Gasteiger partial charge in [-0.15, -0.1) is 0 Å². The maximum absolute atomic E-state index is 14.1. The van der Waals surface area contributed by atoms with Crippen molar-refractivity contribution in [1.82, 2.24) is 0 Å². The predicted octanol–water partition coefficient (Wildman–Crippen LogP) is 8.55. The zero-order valence-electron chi connectivity index (χ0n) is 23.0. The van der Waals surface area contributed by atoms with Crippen LogP contribution in [-0.2, 0) is 6.15 Å². The van der Waals surface area contributed by atoms with Gasteiger partial charge < -0.3 is 0 Å². The fourth-order valence-corrected chi connectivity index (χ4v) is 13.4. The molecule has 0 amide bonds. The van der Waals surface area contributed by atoms with Crippen molar-refractivity contribution >= 4 is 36.9 Å². The molecule has 0 N–H and O–H groups in total. The predicted molar refractivity (Wildman–Crippen MR) is 134 cm³/mol. The second kappa shape index (κ2) is 12.1. The van der Waals surface area contributed by atoms with Gasteiger partial charge in [-0.25, -0.2) is 0 Å². The van der Waals surface area contributed by atoms with E-state index in [0.29, 0.717) is 37.0 Å². The second-order valence-corrected chi connectivity index (χ2v) is 20.7. The van der Waals surface area contributed by atoms with E-state index in [4.69, 9.17) is 0 Å². The zero-order chi connectivity index (χ0) is 32.2. The van der Waals surface area contributed by atoms with E-state index in [-0.39, 0.29) is 0 Å². The summed E-state index contributed by atoms with van der Waals surface area (Å²) >= 11 is -4.58. The molecule has 0 aromatic heterocycles. The number of hydrogen-bond acceptors (Lipinski definition) is 3. The van der Waals surface area contributed by atoms with E-state index in [1.54, 1.807) is 0 Å². The van der Waals surface area contributed by atoms with Gasteiger partial charge in [-0.3, -0.25) is 0 Å². The summed E-state index contributed by atoms with van der Waals surface area (Å²) in [6, 6.07) is 0. The van der Waals surface area contributed by atoms with Crippen LogP contribution in [0.3, 0.4) is 0 Å². The van der Waals surface area contributed by atoms with E-state index in [9.17, 15) is 52.7 Å². The Balaban J connectivity index is 1.91. The summed E-state index contributed by atoms with van der Waals surface area (Å²) in [7, 11) is -6.10. The molecule has 0 aromatic rings. The summed E-state index contributed by atoms with van der Waals surface area (Å²) in [6.45, 7) is 4.08. The summed E-state index contributed by atoms with van der Waals surface area (Å²) in [5.41, 5.74) is -10.6. The van der Waals surface area contributed by atoms with Gasteiger partial charge in [-0.2, -0.15) is 0 Å². The summed E-state index contributed by atoms with van der Waals surface area (Å²) < 4.78 is 175. The maximum atomic E-state index is 14.1. The van der Waals surface area contributed by atoms with Crippen molar-refractivity contribution in [3.05, 3.63) is 0 Å². The van der Waals surface area contributed by atoms with Crippen LogP contribution in [0.15, 0.2) is 15.2 Å². The zero-order valence-corrected chi connectivity index (χ0v) is 27.8. The van der Waals surface area contributed by atoms with Crippen molar-refractivity contribution in [2.75, 3.05) is 39.0 Å². The van der Waals surface area contributed by atoms with Crippen molar-refractivity contribution in [2.45, 2.75) is 80.0 Å². The Labute approximate surface area is 247 Å². The van der Waals surface area contributed by atoms with Gasteiger partial charge in [0.2, 0.25) is 0 Å². The third-order valence-electron chi connectivity index (χ3n) is 8.02. The van der Waals surface area contributed by atoms with Crippen molar-refractivity contribution in [3.63, 3.8) is 0 Å². The molecule has 4 fully saturated rings. The molecule has 4 rings (SSSR count). The summed E-state index contributed by atoms with van der Waals surface area (Å²) in [5.74, 6) is 1.25. The third-order valence-corrected chi connectivity index (χ3v) is 13.5. The average Bonchev–Trinajstić information content (AvgIpc) is 2.72. The molecule has 0 unspecified atom stereocenters. The first kappa shape index (κ1) is 36.6. The van der Waals surface area contributed by atoms with Gasteiger partial charge in [0.05, 0.1) is 0 Å². The molecule has 0 heterocycles. The molecule has 0 aromatic carbocycles. The quantitative estimate of drug-likeness (QED) is 0.0735. The van der Waals surface area contributed by atoms with E-state index < -0.39 is 90.7 Å². The van der Waals surface area contributed by atoms with Crippen molar-refractivity contribution < 1.29 is 58.8 Å². The van der Waals surface area contributed by atoms with Crippen LogP contribution in [0.1, 0.15) is 38.5 Å². The normalized spacial score (nSPS) is 27.9. The molecular weight excluding hydrogens is 747 g/mol. The fourth-order valence-electron chi connectivity index (χ4n) is 6.65. The Morgan fingerprint density at radius 2 is 1.10 bits per heavy atom. The van der Waals surface area contributed by atoms with E-state index in [2.05, 4.69) is 21.3 Å². The second-order valence-electron chi connectivity index (χ2n) is 12.5. The summed E-state index contributed by atoms with van der Waals surface area (Å²) in [5, 5.41) is 7.95. The van der Waals surface area contributed by atoms with Crippen LogP contribution in [0.25, 0.3) is 0 Å². The van der Waals surface area contributed by atoms with Crippen LogP contribution in [0.4, 0.5) is 52.7 Å². The minimum absolute atomic E-state index is 0.416. The summed E-state index contributed by atoms with van der Waals surface area (Å²) in [6.07, 6.45) is -23.3.